The molecule has 0 saturated carbocycles. The van der Waals surface area contributed by atoms with Crippen LogP contribution in [0.1, 0.15) is 10.4 Å². The Morgan fingerprint density at radius 2 is 1.57 bits per heavy atom. The van der Waals surface area contributed by atoms with Gasteiger partial charge in [0.25, 0.3) is 11.6 Å². The number of primary amides is 1. The molecule has 118 valence electrons. The van der Waals surface area contributed by atoms with E-state index in [4.69, 9.17) is 28.9 Å². The first-order valence-corrected chi connectivity index (χ1v) is 6.91. The molecular weight excluding hydrogens is 345 g/mol. The van der Waals surface area contributed by atoms with E-state index in [-0.39, 0.29) is 27.0 Å². The molecule has 0 radical (unpaired) electrons. The molecule has 7 nitrogen and oxygen atoms in total. The summed E-state index contributed by atoms with van der Waals surface area (Å²) in [5, 5.41) is 10.8. The Kier molecular flexibility index (Phi) is 4.83. The van der Waals surface area contributed by atoms with Crippen LogP contribution in [-0.2, 0) is 0 Å². The van der Waals surface area contributed by atoms with Crippen molar-refractivity contribution < 1.29 is 14.5 Å². The van der Waals surface area contributed by atoms with Crippen LogP contribution in [0.15, 0.2) is 42.5 Å². The van der Waals surface area contributed by atoms with Crippen molar-refractivity contribution in [2.75, 3.05) is 4.90 Å². The van der Waals surface area contributed by atoms with Gasteiger partial charge < -0.3 is 5.73 Å². The number of hydrogen-bond donors (Lipinski definition) is 1. The number of nitro benzene ring substituents is 1. The molecule has 23 heavy (non-hydrogen) atoms. The van der Waals surface area contributed by atoms with E-state index >= 15 is 0 Å². The lowest BCUT2D eigenvalue weighted by atomic mass is 10.1. The highest BCUT2D eigenvalue weighted by atomic mass is 35.5. The second kappa shape index (κ2) is 6.64. The van der Waals surface area contributed by atoms with Crippen molar-refractivity contribution >= 4 is 46.5 Å². The fourth-order valence-corrected chi connectivity index (χ4v) is 2.44. The summed E-state index contributed by atoms with van der Waals surface area (Å²) in [6.45, 7) is 0. The maximum atomic E-state index is 12.6. The van der Waals surface area contributed by atoms with Crippen molar-refractivity contribution in [3.05, 3.63) is 68.2 Å². The number of anilines is 1. The van der Waals surface area contributed by atoms with Gasteiger partial charge in [-0.3, -0.25) is 14.9 Å². The Hall–Kier alpha value is -2.64. The zero-order valence-corrected chi connectivity index (χ0v) is 12.9. The van der Waals surface area contributed by atoms with Crippen LogP contribution in [0.4, 0.5) is 16.2 Å². The van der Waals surface area contributed by atoms with Crippen molar-refractivity contribution in [3.8, 4) is 0 Å². The highest BCUT2D eigenvalue weighted by molar-refractivity contribution is 6.41. The minimum absolute atomic E-state index is 0.0515. The number of hydrogen-bond acceptors (Lipinski definition) is 4. The molecular formula is C14H9Cl2N3O4. The van der Waals surface area contributed by atoms with Crippen molar-refractivity contribution in [1.29, 1.82) is 0 Å². The van der Waals surface area contributed by atoms with Gasteiger partial charge >= 0.3 is 6.03 Å². The molecule has 0 saturated heterocycles. The summed E-state index contributed by atoms with van der Waals surface area (Å²) in [5.74, 6) is -0.832. The minimum Gasteiger partial charge on any atom is -0.351 e. The quantitative estimate of drug-likeness (QED) is 0.671. The van der Waals surface area contributed by atoms with E-state index in [1.807, 2.05) is 0 Å². The van der Waals surface area contributed by atoms with E-state index in [0.717, 1.165) is 12.1 Å². The largest absolute Gasteiger partial charge is 0.351 e. The number of halogens is 2. The number of urea groups is 1. The lowest BCUT2D eigenvalue weighted by molar-refractivity contribution is -0.384. The second-order valence-corrected chi connectivity index (χ2v) is 5.16. The van der Waals surface area contributed by atoms with Crippen LogP contribution in [0, 0.1) is 10.1 Å². The number of nitrogens with two attached hydrogens (primary N) is 1. The van der Waals surface area contributed by atoms with E-state index in [2.05, 4.69) is 0 Å². The third kappa shape index (κ3) is 3.41. The molecule has 0 bridgehead atoms. The average Bonchev–Trinajstić information content (AvgIpc) is 2.47. The van der Waals surface area contributed by atoms with Gasteiger partial charge in [0, 0.05) is 12.1 Å². The maximum absolute atomic E-state index is 12.6. The minimum atomic E-state index is -1.07. The van der Waals surface area contributed by atoms with Gasteiger partial charge in [-0.25, -0.2) is 9.69 Å². The van der Waals surface area contributed by atoms with Crippen molar-refractivity contribution in [2.24, 2.45) is 5.73 Å². The van der Waals surface area contributed by atoms with Crippen LogP contribution < -0.4 is 10.6 Å². The number of carbonyl (C=O) groups excluding carboxylic acids is 2. The first-order chi connectivity index (χ1) is 10.8. The zero-order valence-electron chi connectivity index (χ0n) is 11.4. The van der Waals surface area contributed by atoms with Crippen molar-refractivity contribution in [3.63, 3.8) is 0 Å². The molecule has 2 N–H and O–H groups in total. The van der Waals surface area contributed by atoms with E-state index in [0.29, 0.717) is 4.90 Å². The molecule has 2 aromatic carbocycles. The molecule has 2 aromatic rings. The normalized spacial score (nSPS) is 10.2. The Balaban J connectivity index is 2.48. The number of imide groups is 1. The first kappa shape index (κ1) is 16.7. The molecule has 9 heteroatoms. The number of non-ortho nitro benzene ring substituents is 1. The fourth-order valence-electron chi connectivity index (χ4n) is 1.88. The van der Waals surface area contributed by atoms with Crippen LogP contribution >= 0.6 is 23.2 Å². The SMILES string of the molecule is NC(=O)N(C(=O)c1c(Cl)cccc1Cl)c1ccc([N+](=O)[O-])cc1. The Morgan fingerprint density at radius 1 is 1.04 bits per heavy atom. The molecule has 0 heterocycles. The summed E-state index contributed by atoms with van der Waals surface area (Å²) in [6.07, 6.45) is 0. The molecule has 0 fully saturated rings. The van der Waals surface area contributed by atoms with Crippen LogP contribution in [0.3, 0.4) is 0 Å². The smallest absolute Gasteiger partial charge is 0.326 e. The molecule has 0 aliphatic heterocycles. The Labute approximate surface area is 140 Å². The summed E-state index contributed by atoms with van der Waals surface area (Å²) >= 11 is 11.9. The molecule has 0 aliphatic carbocycles. The van der Waals surface area contributed by atoms with Gasteiger partial charge in [-0.2, -0.15) is 0 Å². The van der Waals surface area contributed by atoms with E-state index in [1.165, 1.54) is 24.3 Å². The predicted octanol–water partition coefficient (Wildman–Crippen LogP) is 3.63. The number of carbonyl (C=O) groups is 2. The number of rotatable bonds is 3. The topological polar surface area (TPSA) is 107 Å². The molecule has 3 amide bonds. The van der Waals surface area contributed by atoms with Gasteiger partial charge in [0.15, 0.2) is 0 Å². The maximum Gasteiger partial charge on any atom is 0.326 e. The number of nitro groups is 1. The van der Waals surface area contributed by atoms with Crippen LogP contribution in [-0.4, -0.2) is 16.9 Å². The van der Waals surface area contributed by atoms with Crippen LogP contribution in [0.5, 0.6) is 0 Å². The molecule has 0 spiro atoms. The van der Waals surface area contributed by atoms with Crippen LogP contribution in [0.2, 0.25) is 10.0 Å². The van der Waals surface area contributed by atoms with E-state index in [1.54, 1.807) is 6.07 Å². The van der Waals surface area contributed by atoms with Gasteiger partial charge in [0.05, 0.1) is 26.2 Å². The highest BCUT2D eigenvalue weighted by Crippen LogP contribution is 2.28. The first-order valence-electron chi connectivity index (χ1n) is 6.15. The van der Waals surface area contributed by atoms with Gasteiger partial charge in [-0.1, -0.05) is 29.3 Å². The highest BCUT2D eigenvalue weighted by Gasteiger charge is 2.26. The van der Waals surface area contributed by atoms with Gasteiger partial charge in [-0.15, -0.1) is 0 Å². The standard InChI is InChI=1S/C14H9Cl2N3O4/c15-10-2-1-3-11(16)12(10)13(20)18(14(17)21)8-4-6-9(7-5-8)19(22)23/h1-7H,(H2,17,21). The molecule has 2 rings (SSSR count). The summed E-state index contributed by atoms with van der Waals surface area (Å²) in [5.41, 5.74) is 5.03. The molecule has 0 unspecified atom stereocenters. The third-order valence-corrected chi connectivity index (χ3v) is 3.55. The summed E-state index contributed by atoms with van der Waals surface area (Å²) in [6, 6.07) is 8.10. The van der Waals surface area contributed by atoms with Gasteiger partial charge in [-0.05, 0) is 24.3 Å². The molecule has 0 aromatic heterocycles. The Bertz CT molecular complexity index is 773. The van der Waals surface area contributed by atoms with Gasteiger partial charge in [0.1, 0.15) is 0 Å². The number of nitrogens with zero attached hydrogens (tertiary/aromatic N) is 2. The van der Waals surface area contributed by atoms with Gasteiger partial charge in [0.2, 0.25) is 0 Å². The Morgan fingerprint density at radius 3 is 2.00 bits per heavy atom. The van der Waals surface area contributed by atoms with Crippen molar-refractivity contribution in [1.82, 2.24) is 0 Å². The van der Waals surface area contributed by atoms with Crippen molar-refractivity contribution in [2.45, 2.75) is 0 Å². The van der Waals surface area contributed by atoms with E-state index in [9.17, 15) is 19.7 Å². The zero-order chi connectivity index (χ0) is 17.1. The number of amides is 3. The molecule has 0 aliphatic rings. The fraction of sp³-hybridized carbons (Fsp3) is 0. The summed E-state index contributed by atoms with van der Waals surface area (Å²) in [7, 11) is 0. The summed E-state index contributed by atoms with van der Waals surface area (Å²) < 4.78 is 0. The van der Waals surface area contributed by atoms with E-state index < -0.39 is 16.9 Å². The van der Waals surface area contributed by atoms with Crippen LogP contribution in [0.25, 0.3) is 0 Å². The predicted molar refractivity (Wildman–Crippen MR) is 86.0 cm³/mol. The number of benzene rings is 2. The monoisotopic (exact) mass is 353 g/mol. The third-order valence-electron chi connectivity index (χ3n) is 2.92. The molecule has 0 atom stereocenters. The lowest BCUT2D eigenvalue weighted by Gasteiger charge is -2.19. The summed E-state index contributed by atoms with van der Waals surface area (Å²) in [4.78, 5) is 34.9. The second-order valence-electron chi connectivity index (χ2n) is 4.35. The lowest BCUT2D eigenvalue weighted by Crippen LogP contribution is -2.41. The average molecular weight is 354 g/mol.